The number of nitrogens with zero attached hydrogens (tertiary/aromatic N) is 2. The molecule has 1 atom stereocenters. The summed E-state index contributed by atoms with van der Waals surface area (Å²) in [6, 6.07) is 68.7. The summed E-state index contributed by atoms with van der Waals surface area (Å²) in [5, 5.41) is 8.40. The molecule has 4 nitrogen and oxygen atoms in total. The van der Waals surface area contributed by atoms with Crippen molar-refractivity contribution in [2.45, 2.75) is 6.17 Å². The van der Waals surface area contributed by atoms with Gasteiger partial charge in [0.05, 0.1) is 22.4 Å². The molecule has 8 aromatic carbocycles. The molecular formula is C52H35N3O. The van der Waals surface area contributed by atoms with Crippen LogP contribution < -0.4 is 5.32 Å². The second-order valence-corrected chi connectivity index (χ2v) is 14.4. The van der Waals surface area contributed by atoms with Crippen LogP contribution >= 0.6 is 0 Å². The highest BCUT2D eigenvalue weighted by atomic mass is 16.3. The van der Waals surface area contributed by atoms with Crippen LogP contribution in [-0.4, -0.2) is 10.3 Å². The highest BCUT2D eigenvalue weighted by Crippen LogP contribution is 2.39. The Bertz CT molecular complexity index is 3130. The molecule has 4 heteroatoms. The number of aliphatic imine (C=N–C) groups is 1. The van der Waals surface area contributed by atoms with Gasteiger partial charge in [0.25, 0.3) is 0 Å². The number of allylic oxidation sites excluding steroid dienone is 1. The van der Waals surface area contributed by atoms with Crippen molar-refractivity contribution >= 4 is 55.2 Å². The first-order chi connectivity index (χ1) is 27.7. The van der Waals surface area contributed by atoms with Gasteiger partial charge in [-0.15, -0.1) is 0 Å². The lowest BCUT2D eigenvalue weighted by Gasteiger charge is -2.25. The minimum Gasteiger partial charge on any atom is -0.454 e. The molecule has 11 rings (SSSR count). The van der Waals surface area contributed by atoms with E-state index in [-0.39, 0.29) is 6.17 Å². The molecule has 1 N–H and O–H groups in total. The number of fused-ring (bicyclic) bond motifs is 6. The van der Waals surface area contributed by atoms with Gasteiger partial charge in [-0.2, -0.15) is 0 Å². The van der Waals surface area contributed by atoms with Crippen LogP contribution in [0.5, 0.6) is 0 Å². The maximum absolute atomic E-state index is 6.58. The van der Waals surface area contributed by atoms with Gasteiger partial charge >= 0.3 is 0 Å². The zero-order valence-corrected chi connectivity index (χ0v) is 30.4. The number of rotatable bonds is 6. The zero-order valence-electron chi connectivity index (χ0n) is 30.4. The fourth-order valence-corrected chi connectivity index (χ4v) is 8.28. The maximum Gasteiger partial charge on any atom is 0.159 e. The van der Waals surface area contributed by atoms with Gasteiger partial charge in [0.15, 0.2) is 5.58 Å². The van der Waals surface area contributed by atoms with Crippen LogP contribution in [0.2, 0.25) is 0 Å². The average Bonchev–Trinajstić information content (AvgIpc) is 3.83. The third-order valence-corrected chi connectivity index (χ3v) is 11.1. The fourth-order valence-electron chi connectivity index (χ4n) is 8.28. The maximum atomic E-state index is 6.58. The molecule has 10 aromatic rings. The second kappa shape index (κ2) is 13.2. The van der Waals surface area contributed by atoms with Crippen molar-refractivity contribution < 1.29 is 4.42 Å². The zero-order chi connectivity index (χ0) is 37.0. The quantitative estimate of drug-likeness (QED) is 0.186. The smallest absolute Gasteiger partial charge is 0.159 e. The highest BCUT2D eigenvalue weighted by Gasteiger charge is 2.23. The van der Waals surface area contributed by atoms with Gasteiger partial charge < -0.3 is 14.3 Å². The molecule has 0 bridgehead atoms. The summed E-state index contributed by atoms with van der Waals surface area (Å²) in [6.07, 6.45) is 1.86. The van der Waals surface area contributed by atoms with E-state index in [1.807, 2.05) is 12.1 Å². The summed E-state index contributed by atoms with van der Waals surface area (Å²) >= 11 is 0. The molecular weight excluding hydrogens is 683 g/mol. The standard InChI is InChI=1S/C52H35N3O/c1-3-12-34(13-4-1)35-22-24-36(25-23-35)37-26-28-39(29-27-37)46-33-45(38-14-5-2-6-15-38)53-52(54-46)40-30-31-42-41-16-7-9-19-47(41)55(49(42)32-40)48-20-11-18-44-43-17-8-10-21-50(43)56-51(44)48/h1-33,52-53H. The van der Waals surface area contributed by atoms with Crippen LogP contribution in [0.3, 0.4) is 0 Å². The predicted molar refractivity (Wildman–Crippen MR) is 232 cm³/mol. The number of furan rings is 1. The monoisotopic (exact) mass is 717 g/mol. The normalized spacial score (nSPS) is 14.2. The van der Waals surface area contributed by atoms with E-state index in [2.05, 4.69) is 198 Å². The van der Waals surface area contributed by atoms with Crippen molar-refractivity contribution in [2.24, 2.45) is 4.99 Å². The van der Waals surface area contributed by atoms with E-state index in [4.69, 9.17) is 9.41 Å². The number of hydrogen-bond acceptors (Lipinski definition) is 3. The first-order valence-electron chi connectivity index (χ1n) is 19.1. The highest BCUT2D eigenvalue weighted by molar-refractivity contribution is 6.14. The average molecular weight is 718 g/mol. The lowest BCUT2D eigenvalue weighted by molar-refractivity contribution is 0.664. The van der Waals surface area contributed by atoms with Gasteiger partial charge in [-0.25, -0.2) is 0 Å². The molecule has 56 heavy (non-hydrogen) atoms. The van der Waals surface area contributed by atoms with E-state index < -0.39 is 0 Å². The van der Waals surface area contributed by atoms with Crippen molar-refractivity contribution in [1.82, 2.24) is 9.88 Å². The Kier molecular flexibility index (Phi) is 7.52. The Morgan fingerprint density at radius 2 is 1.02 bits per heavy atom. The molecule has 1 aliphatic heterocycles. The Balaban J connectivity index is 1.01. The van der Waals surface area contributed by atoms with Crippen LogP contribution in [0.15, 0.2) is 210 Å². The van der Waals surface area contributed by atoms with Gasteiger partial charge in [-0.1, -0.05) is 170 Å². The van der Waals surface area contributed by atoms with Crippen molar-refractivity contribution in [3.63, 3.8) is 0 Å². The molecule has 0 amide bonds. The van der Waals surface area contributed by atoms with E-state index in [0.717, 1.165) is 66.8 Å². The fraction of sp³-hybridized carbons (Fsp3) is 0.0192. The summed E-state index contributed by atoms with van der Waals surface area (Å²) in [4.78, 5) is 5.39. The van der Waals surface area contributed by atoms with E-state index in [9.17, 15) is 0 Å². The topological polar surface area (TPSA) is 42.5 Å². The molecule has 0 aliphatic carbocycles. The minimum atomic E-state index is -0.312. The van der Waals surface area contributed by atoms with Crippen molar-refractivity contribution in [1.29, 1.82) is 0 Å². The number of aromatic nitrogens is 1. The SMILES string of the molecule is C1=C(c2ccccc2)NC(c2ccc3c4ccccc4n(-c4cccc5c4oc4ccccc45)c3c2)N=C1c1ccc(-c2ccc(-c3ccccc3)cc2)cc1. The van der Waals surface area contributed by atoms with Gasteiger partial charge in [-0.3, -0.25) is 4.99 Å². The van der Waals surface area contributed by atoms with Crippen molar-refractivity contribution in [2.75, 3.05) is 0 Å². The predicted octanol–water partition coefficient (Wildman–Crippen LogP) is 13.1. The molecule has 0 radical (unpaired) electrons. The second-order valence-electron chi connectivity index (χ2n) is 14.4. The first kappa shape index (κ1) is 32.0. The lowest BCUT2D eigenvalue weighted by Crippen LogP contribution is -2.24. The van der Waals surface area contributed by atoms with Crippen LogP contribution in [-0.2, 0) is 0 Å². The Labute approximate surface area is 324 Å². The van der Waals surface area contributed by atoms with Crippen LogP contribution in [0.4, 0.5) is 0 Å². The molecule has 0 saturated heterocycles. The number of benzene rings is 8. The van der Waals surface area contributed by atoms with E-state index >= 15 is 0 Å². The summed E-state index contributed by atoms with van der Waals surface area (Å²) in [7, 11) is 0. The molecule has 0 saturated carbocycles. The summed E-state index contributed by atoms with van der Waals surface area (Å²) in [5.41, 5.74) is 15.0. The Morgan fingerprint density at radius 3 is 1.75 bits per heavy atom. The summed E-state index contributed by atoms with van der Waals surface area (Å²) < 4.78 is 8.93. The molecule has 2 aromatic heterocycles. The molecule has 3 heterocycles. The van der Waals surface area contributed by atoms with E-state index in [1.54, 1.807) is 0 Å². The third-order valence-electron chi connectivity index (χ3n) is 11.1. The summed E-state index contributed by atoms with van der Waals surface area (Å²) in [5.74, 6) is 0. The molecule has 264 valence electrons. The number of para-hydroxylation sites is 3. The molecule has 0 fully saturated rings. The van der Waals surface area contributed by atoms with Gasteiger partial charge in [0, 0.05) is 27.2 Å². The first-order valence-corrected chi connectivity index (χ1v) is 19.1. The van der Waals surface area contributed by atoms with Crippen LogP contribution in [0.25, 0.3) is 77.4 Å². The molecule has 1 unspecified atom stereocenters. The molecule has 0 spiro atoms. The Morgan fingerprint density at radius 1 is 0.446 bits per heavy atom. The molecule has 1 aliphatic rings. The number of nitrogens with one attached hydrogen (secondary N) is 1. The largest absolute Gasteiger partial charge is 0.454 e. The van der Waals surface area contributed by atoms with Crippen molar-refractivity contribution in [3.8, 4) is 27.9 Å². The van der Waals surface area contributed by atoms with E-state index in [0.29, 0.717) is 0 Å². The van der Waals surface area contributed by atoms with Crippen LogP contribution in [0, 0.1) is 0 Å². The van der Waals surface area contributed by atoms with E-state index in [1.165, 1.54) is 33.0 Å². The minimum absolute atomic E-state index is 0.312. The van der Waals surface area contributed by atoms with Gasteiger partial charge in [0.2, 0.25) is 0 Å². The Hall–Kier alpha value is -7.43. The summed E-state index contributed by atoms with van der Waals surface area (Å²) in [6.45, 7) is 0. The van der Waals surface area contributed by atoms with Crippen molar-refractivity contribution in [3.05, 3.63) is 217 Å². The number of hydrogen-bond donors (Lipinski definition) is 1. The van der Waals surface area contributed by atoms with Gasteiger partial charge in [0.1, 0.15) is 11.7 Å². The van der Waals surface area contributed by atoms with Gasteiger partial charge in [-0.05, 0) is 69.3 Å². The van der Waals surface area contributed by atoms with Crippen LogP contribution in [0.1, 0.15) is 22.9 Å². The third kappa shape index (κ3) is 5.42. The lowest BCUT2D eigenvalue weighted by atomic mass is 9.97.